The molecule has 0 saturated carbocycles. The van der Waals surface area contributed by atoms with Crippen LogP contribution >= 0.6 is 15.9 Å². The van der Waals surface area contributed by atoms with Gasteiger partial charge in [0, 0.05) is 4.47 Å². The van der Waals surface area contributed by atoms with Crippen LogP contribution in [0.15, 0.2) is 46.9 Å². The van der Waals surface area contributed by atoms with E-state index in [-0.39, 0.29) is 11.5 Å². The number of hydrogen-bond donors (Lipinski definition) is 0. The summed E-state index contributed by atoms with van der Waals surface area (Å²) in [4.78, 5) is 14.0. The molecule has 1 amide bonds. The monoisotopic (exact) mass is 335 g/mol. The van der Waals surface area contributed by atoms with Crippen molar-refractivity contribution in [3.05, 3.63) is 58.3 Å². The summed E-state index contributed by atoms with van der Waals surface area (Å²) in [6.45, 7) is 0.797. The standard InChI is InChI=1S/C15H11BrFNO2/c16-10-5-6-13-14(9-10)20-8-7-18(13)15(19)11-3-1-2-4-12(11)17/h1-6,9H,7-8H2. The first-order chi connectivity index (χ1) is 9.66. The van der Waals surface area contributed by atoms with Crippen LogP contribution in [0, 0.1) is 5.82 Å². The number of fused-ring (bicyclic) bond motifs is 1. The van der Waals surface area contributed by atoms with Crippen LogP contribution in [-0.2, 0) is 0 Å². The van der Waals surface area contributed by atoms with Crippen molar-refractivity contribution < 1.29 is 13.9 Å². The molecule has 3 nitrogen and oxygen atoms in total. The minimum Gasteiger partial charge on any atom is -0.489 e. The van der Waals surface area contributed by atoms with E-state index in [1.54, 1.807) is 29.2 Å². The van der Waals surface area contributed by atoms with Gasteiger partial charge >= 0.3 is 0 Å². The van der Waals surface area contributed by atoms with Crippen LogP contribution in [-0.4, -0.2) is 19.1 Å². The molecule has 0 unspecified atom stereocenters. The number of carbonyl (C=O) groups excluding carboxylic acids is 1. The number of ether oxygens (including phenoxy) is 1. The largest absolute Gasteiger partial charge is 0.489 e. The van der Waals surface area contributed by atoms with Crippen molar-refractivity contribution in [3.8, 4) is 5.75 Å². The first kappa shape index (κ1) is 13.1. The molecule has 0 saturated heterocycles. The summed E-state index contributed by atoms with van der Waals surface area (Å²) in [6, 6.07) is 11.4. The van der Waals surface area contributed by atoms with Crippen LogP contribution < -0.4 is 9.64 Å². The maximum Gasteiger partial charge on any atom is 0.261 e. The zero-order chi connectivity index (χ0) is 14.1. The van der Waals surface area contributed by atoms with Gasteiger partial charge in [-0.2, -0.15) is 0 Å². The average Bonchev–Trinajstić information content (AvgIpc) is 2.46. The lowest BCUT2D eigenvalue weighted by molar-refractivity contribution is 0.0972. The molecule has 0 aliphatic carbocycles. The third-order valence-corrected chi connectivity index (χ3v) is 3.63. The van der Waals surface area contributed by atoms with Crippen LogP contribution in [0.3, 0.4) is 0 Å². The number of nitrogens with zero attached hydrogens (tertiary/aromatic N) is 1. The van der Waals surface area contributed by atoms with Crippen LogP contribution in [0.2, 0.25) is 0 Å². The molecular weight excluding hydrogens is 325 g/mol. The van der Waals surface area contributed by atoms with Crippen LogP contribution in [0.5, 0.6) is 5.75 Å². The Labute approximate surface area is 124 Å². The third-order valence-electron chi connectivity index (χ3n) is 3.13. The maximum absolute atomic E-state index is 13.7. The summed E-state index contributed by atoms with van der Waals surface area (Å²) in [5.74, 6) is -0.243. The molecule has 1 heterocycles. The van der Waals surface area contributed by atoms with Gasteiger partial charge in [0.15, 0.2) is 0 Å². The highest BCUT2D eigenvalue weighted by Crippen LogP contribution is 2.35. The molecule has 0 atom stereocenters. The number of rotatable bonds is 1. The molecule has 102 valence electrons. The Kier molecular flexibility index (Phi) is 3.44. The van der Waals surface area contributed by atoms with Gasteiger partial charge in [-0.15, -0.1) is 0 Å². The Morgan fingerprint density at radius 2 is 2.05 bits per heavy atom. The molecule has 0 fully saturated rings. The van der Waals surface area contributed by atoms with Crippen molar-refractivity contribution in [3.63, 3.8) is 0 Å². The Morgan fingerprint density at radius 3 is 2.85 bits per heavy atom. The van der Waals surface area contributed by atoms with E-state index < -0.39 is 5.82 Å². The molecule has 0 N–H and O–H groups in total. The molecule has 5 heteroatoms. The molecule has 0 radical (unpaired) electrons. The van der Waals surface area contributed by atoms with E-state index in [0.717, 1.165) is 4.47 Å². The van der Waals surface area contributed by atoms with E-state index in [4.69, 9.17) is 4.74 Å². The van der Waals surface area contributed by atoms with Crippen LogP contribution in [0.4, 0.5) is 10.1 Å². The summed E-state index contributed by atoms with van der Waals surface area (Å²) in [5.41, 5.74) is 0.732. The summed E-state index contributed by atoms with van der Waals surface area (Å²) in [5, 5.41) is 0. The number of halogens is 2. The second-order valence-electron chi connectivity index (χ2n) is 4.40. The Hall–Kier alpha value is -1.88. The Morgan fingerprint density at radius 1 is 1.25 bits per heavy atom. The van der Waals surface area contributed by atoms with Gasteiger partial charge in [-0.1, -0.05) is 28.1 Å². The first-order valence-electron chi connectivity index (χ1n) is 6.15. The second-order valence-corrected chi connectivity index (χ2v) is 5.31. The van der Waals surface area contributed by atoms with Crippen molar-refractivity contribution in [2.75, 3.05) is 18.1 Å². The normalized spacial score (nSPS) is 13.6. The van der Waals surface area contributed by atoms with Gasteiger partial charge in [-0.05, 0) is 30.3 Å². The quantitative estimate of drug-likeness (QED) is 0.796. The fourth-order valence-corrected chi connectivity index (χ4v) is 2.52. The lowest BCUT2D eigenvalue weighted by Gasteiger charge is -2.29. The van der Waals surface area contributed by atoms with Crippen LogP contribution in [0.25, 0.3) is 0 Å². The van der Waals surface area contributed by atoms with E-state index in [2.05, 4.69) is 15.9 Å². The number of anilines is 1. The van der Waals surface area contributed by atoms with E-state index in [9.17, 15) is 9.18 Å². The highest BCUT2D eigenvalue weighted by molar-refractivity contribution is 9.10. The van der Waals surface area contributed by atoms with Gasteiger partial charge in [-0.25, -0.2) is 4.39 Å². The lowest BCUT2D eigenvalue weighted by atomic mass is 10.1. The van der Waals surface area contributed by atoms with Gasteiger partial charge in [0.1, 0.15) is 18.2 Å². The second kappa shape index (κ2) is 5.25. The van der Waals surface area contributed by atoms with Crippen molar-refractivity contribution in [2.45, 2.75) is 0 Å². The van der Waals surface area contributed by atoms with Crippen LogP contribution in [0.1, 0.15) is 10.4 Å². The average molecular weight is 336 g/mol. The van der Waals surface area contributed by atoms with E-state index in [1.807, 2.05) is 6.07 Å². The summed E-state index contributed by atoms with van der Waals surface area (Å²) < 4.78 is 20.2. The number of benzene rings is 2. The van der Waals surface area contributed by atoms with Gasteiger partial charge in [-0.3, -0.25) is 4.79 Å². The lowest BCUT2D eigenvalue weighted by Crippen LogP contribution is -2.38. The molecule has 20 heavy (non-hydrogen) atoms. The summed E-state index contributed by atoms with van der Waals surface area (Å²) in [7, 11) is 0. The van der Waals surface area contributed by atoms with E-state index >= 15 is 0 Å². The SMILES string of the molecule is O=C(c1ccccc1F)N1CCOc2cc(Br)ccc21. The molecular formula is C15H11BrFNO2. The van der Waals surface area contributed by atoms with E-state index in [0.29, 0.717) is 24.6 Å². The maximum atomic E-state index is 13.7. The molecule has 2 aromatic rings. The molecule has 0 bridgehead atoms. The van der Waals surface area contributed by atoms with E-state index in [1.165, 1.54) is 12.1 Å². The minimum atomic E-state index is -0.511. The number of amides is 1. The zero-order valence-electron chi connectivity index (χ0n) is 10.5. The topological polar surface area (TPSA) is 29.5 Å². The number of carbonyl (C=O) groups is 1. The summed E-state index contributed by atoms with van der Waals surface area (Å²) in [6.07, 6.45) is 0. The highest BCUT2D eigenvalue weighted by Gasteiger charge is 2.26. The number of hydrogen-bond acceptors (Lipinski definition) is 2. The Balaban J connectivity index is 2.01. The Bertz CT molecular complexity index is 675. The van der Waals surface area contributed by atoms with Gasteiger partial charge in [0.25, 0.3) is 5.91 Å². The van der Waals surface area contributed by atoms with Crippen molar-refractivity contribution in [1.82, 2.24) is 0 Å². The highest BCUT2D eigenvalue weighted by atomic mass is 79.9. The molecule has 1 aliphatic rings. The molecule has 0 aromatic heterocycles. The zero-order valence-corrected chi connectivity index (χ0v) is 12.1. The molecule has 3 rings (SSSR count). The van der Waals surface area contributed by atoms with Gasteiger partial charge < -0.3 is 9.64 Å². The van der Waals surface area contributed by atoms with Crippen molar-refractivity contribution in [1.29, 1.82) is 0 Å². The molecule has 2 aromatic carbocycles. The van der Waals surface area contributed by atoms with Gasteiger partial charge in [0.05, 0.1) is 17.8 Å². The van der Waals surface area contributed by atoms with Crippen molar-refractivity contribution >= 4 is 27.5 Å². The molecule has 0 spiro atoms. The third kappa shape index (κ3) is 2.29. The van der Waals surface area contributed by atoms with Gasteiger partial charge in [0.2, 0.25) is 0 Å². The molecule has 1 aliphatic heterocycles. The summed E-state index contributed by atoms with van der Waals surface area (Å²) >= 11 is 3.36. The smallest absolute Gasteiger partial charge is 0.261 e. The predicted octanol–water partition coefficient (Wildman–Crippen LogP) is 3.63. The predicted molar refractivity (Wildman–Crippen MR) is 77.7 cm³/mol. The van der Waals surface area contributed by atoms with Crippen molar-refractivity contribution in [2.24, 2.45) is 0 Å². The fraction of sp³-hybridized carbons (Fsp3) is 0.133. The fourth-order valence-electron chi connectivity index (χ4n) is 2.18. The minimum absolute atomic E-state index is 0.0725. The first-order valence-corrected chi connectivity index (χ1v) is 6.95.